The SMILES string of the molecule is C=CC(=O)Nc1ccc(SCCCC)cc1. The third-order valence-corrected chi connectivity index (χ3v) is 3.17. The van der Waals surface area contributed by atoms with Crippen molar-refractivity contribution in [1.29, 1.82) is 0 Å². The van der Waals surface area contributed by atoms with Gasteiger partial charge in [-0.3, -0.25) is 4.79 Å². The Morgan fingerprint density at radius 1 is 1.44 bits per heavy atom. The summed E-state index contributed by atoms with van der Waals surface area (Å²) in [6, 6.07) is 7.88. The summed E-state index contributed by atoms with van der Waals surface area (Å²) < 4.78 is 0. The van der Waals surface area contributed by atoms with Crippen molar-refractivity contribution < 1.29 is 4.79 Å². The van der Waals surface area contributed by atoms with Crippen molar-refractivity contribution in [2.45, 2.75) is 24.7 Å². The third-order valence-electron chi connectivity index (χ3n) is 2.07. The van der Waals surface area contributed by atoms with Crippen molar-refractivity contribution in [2.24, 2.45) is 0 Å². The monoisotopic (exact) mass is 235 g/mol. The van der Waals surface area contributed by atoms with E-state index in [2.05, 4.69) is 18.8 Å². The number of nitrogens with one attached hydrogen (secondary N) is 1. The van der Waals surface area contributed by atoms with Crippen LogP contribution in [-0.4, -0.2) is 11.7 Å². The molecule has 0 aliphatic carbocycles. The summed E-state index contributed by atoms with van der Waals surface area (Å²) in [5.41, 5.74) is 0.810. The molecule has 1 rings (SSSR count). The molecule has 86 valence electrons. The van der Waals surface area contributed by atoms with Crippen LogP contribution in [0.15, 0.2) is 41.8 Å². The number of amides is 1. The van der Waals surface area contributed by atoms with Crippen LogP contribution in [0.2, 0.25) is 0 Å². The molecule has 0 fully saturated rings. The summed E-state index contributed by atoms with van der Waals surface area (Å²) >= 11 is 1.85. The molecule has 0 saturated heterocycles. The van der Waals surface area contributed by atoms with Gasteiger partial charge in [-0.2, -0.15) is 0 Å². The highest BCUT2D eigenvalue weighted by Gasteiger charge is 1.97. The fourth-order valence-electron chi connectivity index (χ4n) is 1.16. The van der Waals surface area contributed by atoms with E-state index >= 15 is 0 Å². The van der Waals surface area contributed by atoms with Crippen LogP contribution in [0.5, 0.6) is 0 Å². The zero-order valence-corrected chi connectivity index (χ0v) is 10.3. The maximum Gasteiger partial charge on any atom is 0.247 e. The Morgan fingerprint density at radius 2 is 2.12 bits per heavy atom. The lowest BCUT2D eigenvalue weighted by Crippen LogP contribution is -2.06. The lowest BCUT2D eigenvalue weighted by Gasteiger charge is -2.04. The van der Waals surface area contributed by atoms with E-state index in [9.17, 15) is 4.79 Å². The molecule has 0 bridgehead atoms. The molecule has 0 atom stereocenters. The van der Waals surface area contributed by atoms with Crippen molar-refractivity contribution in [3.63, 3.8) is 0 Å². The highest BCUT2D eigenvalue weighted by Crippen LogP contribution is 2.21. The molecule has 1 N–H and O–H groups in total. The lowest BCUT2D eigenvalue weighted by molar-refractivity contribution is -0.111. The van der Waals surface area contributed by atoms with E-state index in [0.29, 0.717) is 0 Å². The highest BCUT2D eigenvalue weighted by atomic mass is 32.2. The van der Waals surface area contributed by atoms with Crippen LogP contribution in [0.1, 0.15) is 19.8 Å². The average Bonchev–Trinajstić information content (AvgIpc) is 2.31. The summed E-state index contributed by atoms with van der Waals surface area (Å²) in [5.74, 6) is 0.973. The number of hydrogen-bond acceptors (Lipinski definition) is 2. The van der Waals surface area contributed by atoms with Crippen molar-refractivity contribution in [2.75, 3.05) is 11.1 Å². The van der Waals surface area contributed by atoms with Crippen LogP contribution in [0.3, 0.4) is 0 Å². The Kier molecular flexibility index (Phi) is 5.72. The fourth-order valence-corrected chi connectivity index (χ4v) is 2.16. The van der Waals surface area contributed by atoms with Gasteiger partial charge in [0, 0.05) is 10.6 Å². The second-order valence-corrected chi connectivity index (χ2v) is 4.59. The van der Waals surface area contributed by atoms with E-state index in [1.54, 1.807) is 0 Å². The Labute approximate surface area is 101 Å². The minimum Gasteiger partial charge on any atom is -0.323 e. The normalized spacial score (nSPS) is 9.81. The molecule has 3 heteroatoms. The molecule has 0 aliphatic rings. The van der Waals surface area contributed by atoms with Gasteiger partial charge in [0.15, 0.2) is 0 Å². The van der Waals surface area contributed by atoms with Crippen LogP contribution >= 0.6 is 11.8 Å². The Balaban J connectivity index is 2.47. The fraction of sp³-hybridized carbons (Fsp3) is 0.308. The van der Waals surface area contributed by atoms with Crippen molar-refractivity contribution >= 4 is 23.4 Å². The van der Waals surface area contributed by atoms with Gasteiger partial charge in [-0.1, -0.05) is 19.9 Å². The molecule has 16 heavy (non-hydrogen) atoms. The standard InChI is InChI=1S/C13H17NOS/c1-3-5-10-16-12-8-6-11(7-9-12)14-13(15)4-2/h4,6-9H,2-3,5,10H2,1H3,(H,14,15). The molecular weight excluding hydrogens is 218 g/mol. The number of thioether (sulfide) groups is 1. The zero-order chi connectivity index (χ0) is 11.8. The van der Waals surface area contributed by atoms with Crippen LogP contribution < -0.4 is 5.32 Å². The van der Waals surface area contributed by atoms with Gasteiger partial charge in [0.05, 0.1) is 0 Å². The summed E-state index contributed by atoms with van der Waals surface area (Å²) in [7, 11) is 0. The summed E-state index contributed by atoms with van der Waals surface area (Å²) in [4.78, 5) is 12.3. The topological polar surface area (TPSA) is 29.1 Å². The minimum atomic E-state index is -0.175. The highest BCUT2D eigenvalue weighted by molar-refractivity contribution is 7.99. The van der Waals surface area contributed by atoms with Crippen LogP contribution in [0, 0.1) is 0 Å². The minimum absolute atomic E-state index is 0.175. The number of anilines is 1. The molecule has 0 saturated carbocycles. The van der Waals surface area contributed by atoms with Gasteiger partial charge in [-0.25, -0.2) is 0 Å². The van der Waals surface area contributed by atoms with Gasteiger partial charge in [-0.05, 0) is 42.5 Å². The summed E-state index contributed by atoms with van der Waals surface area (Å²) in [6.07, 6.45) is 3.73. The summed E-state index contributed by atoms with van der Waals surface area (Å²) in [5, 5.41) is 2.72. The van der Waals surface area contributed by atoms with Crippen molar-refractivity contribution in [1.82, 2.24) is 0 Å². The lowest BCUT2D eigenvalue weighted by atomic mass is 10.3. The molecule has 2 nitrogen and oxygen atoms in total. The Bertz CT molecular complexity index is 345. The van der Waals surface area contributed by atoms with Gasteiger partial charge >= 0.3 is 0 Å². The van der Waals surface area contributed by atoms with Crippen LogP contribution in [0.4, 0.5) is 5.69 Å². The first-order valence-electron chi connectivity index (χ1n) is 5.42. The van der Waals surface area contributed by atoms with E-state index in [-0.39, 0.29) is 5.91 Å². The molecule has 0 spiro atoms. The third kappa shape index (κ3) is 4.53. The number of carbonyl (C=O) groups excluding carboxylic acids is 1. The van der Waals surface area contributed by atoms with Gasteiger partial charge in [0.1, 0.15) is 0 Å². The van der Waals surface area contributed by atoms with Crippen molar-refractivity contribution in [3.05, 3.63) is 36.9 Å². The predicted molar refractivity (Wildman–Crippen MR) is 70.9 cm³/mol. The molecule has 0 unspecified atom stereocenters. The Morgan fingerprint density at radius 3 is 2.69 bits per heavy atom. The molecule has 1 amide bonds. The number of hydrogen-bond donors (Lipinski definition) is 1. The molecule has 0 radical (unpaired) electrons. The van der Waals surface area contributed by atoms with Gasteiger partial charge in [0.25, 0.3) is 0 Å². The van der Waals surface area contributed by atoms with Gasteiger partial charge in [0.2, 0.25) is 5.91 Å². The zero-order valence-electron chi connectivity index (χ0n) is 9.53. The molecule has 0 aromatic heterocycles. The second-order valence-electron chi connectivity index (χ2n) is 3.42. The van der Waals surface area contributed by atoms with Crippen molar-refractivity contribution in [3.8, 4) is 0 Å². The second kappa shape index (κ2) is 7.12. The van der Waals surface area contributed by atoms with Gasteiger partial charge in [-0.15, -0.1) is 11.8 Å². The van der Waals surface area contributed by atoms with E-state index in [4.69, 9.17) is 0 Å². The van der Waals surface area contributed by atoms with Gasteiger partial charge < -0.3 is 5.32 Å². The first-order valence-corrected chi connectivity index (χ1v) is 6.41. The van der Waals surface area contributed by atoms with Crippen LogP contribution in [-0.2, 0) is 4.79 Å². The largest absolute Gasteiger partial charge is 0.323 e. The predicted octanol–water partition coefficient (Wildman–Crippen LogP) is 3.70. The molecular formula is C13H17NOS. The average molecular weight is 235 g/mol. The number of carbonyl (C=O) groups is 1. The smallest absolute Gasteiger partial charge is 0.247 e. The molecule has 1 aromatic rings. The Hall–Kier alpha value is -1.22. The van der Waals surface area contributed by atoms with Crippen LogP contribution in [0.25, 0.3) is 0 Å². The number of benzene rings is 1. The molecule has 0 heterocycles. The first-order chi connectivity index (χ1) is 7.76. The summed E-state index contributed by atoms with van der Waals surface area (Å²) in [6.45, 7) is 5.60. The molecule has 0 aliphatic heterocycles. The molecule has 1 aromatic carbocycles. The quantitative estimate of drug-likeness (QED) is 0.463. The maximum atomic E-state index is 11.0. The van der Waals surface area contributed by atoms with E-state index in [0.717, 1.165) is 11.4 Å². The van der Waals surface area contributed by atoms with E-state index < -0.39 is 0 Å². The van der Waals surface area contributed by atoms with E-state index in [1.807, 2.05) is 36.0 Å². The maximum absolute atomic E-state index is 11.0. The number of rotatable bonds is 6. The number of unbranched alkanes of at least 4 members (excludes halogenated alkanes) is 1. The first kappa shape index (κ1) is 12.8. The van der Waals surface area contributed by atoms with E-state index in [1.165, 1.54) is 23.8 Å².